The van der Waals surface area contributed by atoms with E-state index in [1.807, 2.05) is 54.5 Å². The van der Waals surface area contributed by atoms with Gasteiger partial charge in [0.1, 0.15) is 11.3 Å². The van der Waals surface area contributed by atoms with Crippen molar-refractivity contribution in [3.05, 3.63) is 60.7 Å². The van der Waals surface area contributed by atoms with E-state index in [0.717, 1.165) is 33.5 Å². The zero-order valence-electron chi connectivity index (χ0n) is 13.8. The molecule has 3 heterocycles. The molecule has 1 aromatic carbocycles. The predicted octanol–water partition coefficient (Wildman–Crippen LogP) is 3.28. The number of benzene rings is 1. The van der Waals surface area contributed by atoms with Crippen LogP contribution in [0.25, 0.3) is 27.8 Å². The van der Waals surface area contributed by atoms with Crippen molar-refractivity contribution >= 4 is 5.52 Å². The normalized spacial score (nSPS) is 10.8. The Labute approximate surface area is 144 Å². The number of aryl methyl sites for hydroxylation is 1. The van der Waals surface area contributed by atoms with Crippen molar-refractivity contribution in [3.63, 3.8) is 0 Å². The van der Waals surface area contributed by atoms with E-state index in [-0.39, 0.29) is 0 Å². The number of nitriles is 1. The molecule has 0 saturated heterocycles. The number of ether oxygens (including phenoxy) is 1. The van der Waals surface area contributed by atoms with Gasteiger partial charge < -0.3 is 4.74 Å². The van der Waals surface area contributed by atoms with Crippen LogP contribution in [0.1, 0.15) is 5.56 Å². The lowest BCUT2D eigenvalue weighted by molar-refractivity contribution is 0.418. The molecule has 0 N–H and O–H groups in total. The summed E-state index contributed by atoms with van der Waals surface area (Å²) in [4.78, 5) is 0. The average Bonchev–Trinajstić information content (AvgIpc) is 3.27. The fraction of sp³-hybridized carbons (Fsp3) is 0.105. The molecule has 0 spiro atoms. The van der Waals surface area contributed by atoms with Crippen LogP contribution in [0.5, 0.6) is 5.75 Å². The van der Waals surface area contributed by atoms with Crippen LogP contribution < -0.4 is 4.74 Å². The van der Waals surface area contributed by atoms with E-state index in [0.29, 0.717) is 5.56 Å². The highest BCUT2D eigenvalue weighted by molar-refractivity contribution is 5.86. The molecular weight excluding hydrogens is 314 g/mol. The smallest absolute Gasteiger partial charge is 0.145 e. The van der Waals surface area contributed by atoms with Gasteiger partial charge in [-0.15, -0.1) is 0 Å². The first-order chi connectivity index (χ1) is 12.2. The van der Waals surface area contributed by atoms with Crippen molar-refractivity contribution in [1.82, 2.24) is 19.4 Å². The Morgan fingerprint density at radius 3 is 2.44 bits per heavy atom. The number of methoxy groups -OCH3 is 1. The van der Waals surface area contributed by atoms with E-state index < -0.39 is 0 Å². The first kappa shape index (κ1) is 15.0. The van der Waals surface area contributed by atoms with E-state index in [4.69, 9.17) is 10.00 Å². The minimum absolute atomic E-state index is 0.631. The van der Waals surface area contributed by atoms with E-state index in [1.54, 1.807) is 23.9 Å². The molecule has 0 unspecified atom stereocenters. The van der Waals surface area contributed by atoms with Gasteiger partial charge in [-0.25, -0.2) is 4.52 Å². The summed E-state index contributed by atoms with van der Waals surface area (Å²) in [6, 6.07) is 11.6. The lowest BCUT2D eigenvalue weighted by Gasteiger charge is -2.08. The van der Waals surface area contributed by atoms with Crippen molar-refractivity contribution in [3.8, 4) is 34.1 Å². The second-order valence-corrected chi connectivity index (χ2v) is 5.74. The Hall–Kier alpha value is -3.59. The third-order valence-electron chi connectivity index (χ3n) is 4.16. The van der Waals surface area contributed by atoms with Gasteiger partial charge in [-0.2, -0.15) is 15.5 Å². The lowest BCUT2D eigenvalue weighted by atomic mass is 10.0. The van der Waals surface area contributed by atoms with Gasteiger partial charge in [-0.3, -0.25) is 4.68 Å². The first-order valence-electron chi connectivity index (χ1n) is 7.74. The van der Waals surface area contributed by atoms with E-state index >= 15 is 0 Å². The fourth-order valence-corrected chi connectivity index (χ4v) is 2.90. The van der Waals surface area contributed by atoms with Crippen LogP contribution in [0.2, 0.25) is 0 Å². The number of hydrogen-bond donors (Lipinski definition) is 0. The van der Waals surface area contributed by atoms with Gasteiger partial charge >= 0.3 is 0 Å². The zero-order chi connectivity index (χ0) is 17.4. The van der Waals surface area contributed by atoms with Crippen LogP contribution in [0.3, 0.4) is 0 Å². The molecular formula is C19H15N5O. The van der Waals surface area contributed by atoms with Gasteiger partial charge in [0.05, 0.1) is 31.1 Å². The minimum atomic E-state index is 0.631. The SMILES string of the molecule is COc1cc(-c2cnn(C)c2)cn2ncc(-c3ccc(C#N)cc3)c12. The number of aromatic nitrogens is 4. The van der Waals surface area contributed by atoms with Crippen molar-refractivity contribution < 1.29 is 4.74 Å². The summed E-state index contributed by atoms with van der Waals surface area (Å²) in [5.41, 5.74) is 5.44. The molecule has 0 saturated carbocycles. The van der Waals surface area contributed by atoms with Gasteiger partial charge in [0.2, 0.25) is 0 Å². The quantitative estimate of drug-likeness (QED) is 0.578. The standard InChI is InChI=1S/C19H15N5O/c1-23-11-16(9-21-23)15-7-18(25-2)19-17(10-22-24(19)12-15)14-5-3-13(8-20)4-6-14/h3-7,9-12H,1-2H3. The van der Waals surface area contributed by atoms with Gasteiger partial charge in [-0.05, 0) is 23.8 Å². The average molecular weight is 329 g/mol. The van der Waals surface area contributed by atoms with E-state index in [1.165, 1.54) is 0 Å². The lowest BCUT2D eigenvalue weighted by Crippen LogP contribution is -1.94. The van der Waals surface area contributed by atoms with Crippen molar-refractivity contribution in [2.24, 2.45) is 7.05 Å². The maximum atomic E-state index is 8.96. The molecule has 0 fully saturated rings. The summed E-state index contributed by atoms with van der Waals surface area (Å²) in [6.45, 7) is 0. The van der Waals surface area contributed by atoms with Crippen molar-refractivity contribution in [2.75, 3.05) is 7.11 Å². The van der Waals surface area contributed by atoms with Gasteiger partial charge in [0.15, 0.2) is 0 Å². The zero-order valence-corrected chi connectivity index (χ0v) is 13.8. The van der Waals surface area contributed by atoms with E-state index in [2.05, 4.69) is 16.3 Å². The molecule has 0 aliphatic heterocycles. The summed E-state index contributed by atoms with van der Waals surface area (Å²) in [7, 11) is 3.54. The molecule has 25 heavy (non-hydrogen) atoms. The molecule has 6 nitrogen and oxygen atoms in total. The number of fused-ring (bicyclic) bond motifs is 1. The molecule has 0 amide bonds. The van der Waals surface area contributed by atoms with Crippen LogP contribution in [0.4, 0.5) is 0 Å². The Kier molecular flexibility index (Phi) is 3.47. The van der Waals surface area contributed by atoms with Crippen LogP contribution >= 0.6 is 0 Å². The highest BCUT2D eigenvalue weighted by Crippen LogP contribution is 2.34. The van der Waals surface area contributed by atoms with Crippen LogP contribution in [0, 0.1) is 11.3 Å². The summed E-state index contributed by atoms with van der Waals surface area (Å²) in [5.74, 6) is 0.734. The Morgan fingerprint density at radius 2 is 1.80 bits per heavy atom. The monoisotopic (exact) mass is 329 g/mol. The maximum Gasteiger partial charge on any atom is 0.145 e. The van der Waals surface area contributed by atoms with Crippen LogP contribution in [-0.4, -0.2) is 26.5 Å². The Balaban J connectivity index is 1.89. The molecule has 122 valence electrons. The number of rotatable bonds is 3. The number of nitrogens with zero attached hydrogens (tertiary/aromatic N) is 5. The summed E-state index contributed by atoms with van der Waals surface area (Å²) >= 11 is 0. The topological polar surface area (TPSA) is 68.1 Å². The Bertz CT molecular complexity index is 1100. The summed E-state index contributed by atoms with van der Waals surface area (Å²) < 4.78 is 9.20. The third kappa shape index (κ3) is 2.52. The van der Waals surface area contributed by atoms with Crippen molar-refractivity contribution in [2.45, 2.75) is 0 Å². The number of hydrogen-bond acceptors (Lipinski definition) is 4. The fourth-order valence-electron chi connectivity index (χ4n) is 2.90. The van der Waals surface area contributed by atoms with Gasteiger partial charge in [0, 0.05) is 36.1 Å². The predicted molar refractivity (Wildman–Crippen MR) is 94.1 cm³/mol. The molecule has 4 aromatic rings. The highest BCUT2D eigenvalue weighted by atomic mass is 16.5. The van der Waals surface area contributed by atoms with Crippen LogP contribution in [0.15, 0.2) is 55.1 Å². The van der Waals surface area contributed by atoms with Crippen molar-refractivity contribution in [1.29, 1.82) is 5.26 Å². The summed E-state index contributed by atoms with van der Waals surface area (Å²) in [6.07, 6.45) is 7.53. The molecule has 6 heteroatoms. The molecule has 3 aromatic heterocycles. The molecule has 4 rings (SSSR count). The minimum Gasteiger partial charge on any atom is -0.494 e. The third-order valence-corrected chi connectivity index (χ3v) is 4.16. The van der Waals surface area contributed by atoms with Crippen LogP contribution in [-0.2, 0) is 7.05 Å². The molecule has 0 aliphatic rings. The van der Waals surface area contributed by atoms with E-state index in [9.17, 15) is 0 Å². The maximum absolute atomic E-state index is 8.96. The first-order valence-corrected chi connectivity index (χ1v) is 7.74. The van der Waals surface area contributed by atoms with Gasteiger partial charge in [0.25, 0.3) is 0 Å². The molecule has 0 radical (unpaired) electrons. The Morgan fingerprint density at radius 1 is 1.00 bits per heavy atom. The molecule has 0 bridgehead atoms. The van der Waals surface area contributed by atoms with Gasteiger partial charge in [-0.1, -0.05) is 12.1 Å². The molecule has 0 atom stereocenters. The second-order valence-electron chi connectivity index (χ2n) is 5.74. The highest BCUT2D eigenvalue weighted by Gasteiger charge is 2.14. The summed E-state index contributed by atoms with van der Waals surface area (Å²) in [5, 5.41) is 17.7. The largest absolute Gasteiger partial charge is 0.494 e. The molecule has 0 aliphatic carbocycles. The second kappa shape index (κ2) is 5.80. The number of pyridine rings is 1.